The number of hydrogen-bond donors (Lipinski definition) is 1. The van der Waals surface area contributed by atoms with Crippen molar-refractivity contribution in [1.82, 2.24) is 4.98 Å². The molecule has 2 heterocycles. The van der Waals surface area contributed by atoms with E-state index in [2.05, 4.69) is 11.6 Å². The number of halogens is 2. The summed E-state index contributed by atoms with van der Waals surface area (Å²) >= 11 is 12.5. The molecule has 0 saturated heterocycles. The third-order valence-corrected chi connectivity index (χ3v) is 7.11. The number of sulfonamides is 1. The van der Waals surface area contributed by atoms with Crippen molar-refractivity contribution in [3.05, 3.63) is 40.5 Å². The summed E-state index contributed by atoms with van der Waals surface area (Å²) in [6.45, 7) is 7.32. The highest BCUT2D eigenvalue weighted by atomic mass is 35.5. The van der Waals surface area contributed by atoms with E-state index >= 15 is 0 Å². The molecule has 1 aliphatic heterocycles. The van der Waals surface area contributed by atoms with Crippen LogP contribution in [0.25, 0.3) is 10.9 Å². The van der Waals surface area contributed by atoms with Gasteiger partial charge in [0.25, 0.3) is 0 Å². The van der Waals surface area contributed by atoms with Crippen LogP contribution in [0.4, 0.5) is 5.69 Å². The van der Waals surface area contributed by atoms with Gasteiger partial charge in [-0.05, 0) is 31.9 Å². The van der Waals surface area contributed by atoms with Gasteiger partial charge in [0, 0.05) is 11.6 Å². The number of nitrogens with zero attached hydrogens (tertiary/aromatic N) is 1. The molecule has 2 aromatic rings. The first-order valence-electron chi connectivity index (χ1n) is 6.82. The molecule has 1 aromatic carbocycles. The van der Waals surface area contributed by atoms with Crippen LogP contribution in [-0.2, 0) is 16.4 Å². The Morgan fingerprint density at radius 2 is 2.09 bits per heavy atom. The summed E-state index contributed by atoms with van der Waals surface area (Å²) in [5.74, 6) is 0. The highest BCUT2D eigenvalue weighted by Gasteiger charge is 2.45. The van der Waals surface area contributed by atoms with Gasteiger partial charge in [0.1, 0.15) is 0 Å². The number of anilines is 1. The molecule has 118 valence electrons. The van der Waals surface area contributed by atoms with E-state index < -0.39 is 14.8 Å². The standard InChI is InChI=1S/C15H16Cl2N2O2S/c1-4-5-19-14-9(7-15(2,3)22(19,20)21)6-10(16)12-11(17)8-18-13(12)14/h4,6,8,18H,1,5,7H2,2-3H3. The smallest absolute Gasteiger partial charge is 0.241 e. The second-order valence-electron chi connectivity index (χ2n) is 6.01. The van der Waals surface area contributed by atoms with E-state index in [1.165, 1.54) is 4.31 Å². The number of aromatic amines is 1. The van der Waals surface area contributed by atoms with Crippen LogP contribution in [0.15, 0.2) is 24.9 Å². The van der Waals surface area contributed by atoms with Crippen LogP contribution in [0, 0.1) is 0 Å². The van der Waals surface area contributed by atoms with Crippen LogP contribution in [0.2, 0.25) is 10.0 Å². The van der Waals surface area contributed by atoms with Gasteiger partial charge in [0.2, 0.25) is 10.0 Å². The topological polar surface area (TPSA) is 53.2 Å². The molecule has 0 atom stereocenters. The lowest BCUT2D eigenvalue weighted by Crippen LogP contribution is -2.50. The van der Waals surface area contributed by atoms with E-state index in [9.17, 15) is 8.42 Å². The summed E-state index contributed by atoms with van der Waals surface area (Å²) < 4.78 is 26.3. The lowest BCUT2D eigenvalue weighted by atomic mass is 9.98. The van der Waals surface area contributed by atoms with E-state index in [1.807, 2.05) is 6.07 Å². The average Bonchev–Trinajstić information content (AvgIpc) is 2.78. The average molecular weight is 359 g/mol. The van der Waals surface area contributed by atoms with Gasteiger partial charge >= 0.3 is 0 Å². The Kier molecular flexibility index (Phi) is 3.51. The van der Waals surface area contributed by atoms with Gasteiger partial charge < -0.3 is 4.98 Å². The number of fused-ring (bicyclic) bond motifs is 3. The number of hydrogen-bond acceptors (Lipinski definition) is 2. The fraction of sp³-hybridized carbons (Fsp3) is 0.333. The maximum atomic E-state index is 12.9. The van der Waals surface area contributed by atoms with E-state index in [1.54, 1.807) is 26.1 Å². The van der Waals surface area contributed by atoms with E-state index in [0.717, 1.165) is 5.56 Å². The summed E-state index contributed by atoms with van der Waals surface area (Å²) in [6, 6.07) is 1.81. The Bertz CT molecular complexity index is 885. The SMILES string of the molecule is C=CCN1c2c(cc(Cl)c3c(Cl)c[nH]c23)CC(C)(C)S1(=O)=O. The molecule has 0 aliphatic carbocycles. The maximum absolute atomic E-state index is 12.9. The van der Waals surface area contributed by atoms with Crippen LogP contribution in [0.3, 0.4) is 0 Å². The molecule has 0 saturated carbocycles. The van der Waals surface area contributed by atoms with E-state index in [-0.39, 0.29) is 6.54 Å². The van der Waals surface area contributed by atoms with Crippen LogP contribution < -0.4 is 4.31 Å². The monoisotopic (exact) mass is 358 g/mol. The molecule has 1 N–H and O–H groups in total. The molecule has 22 heavy (non-hydrogen) atoms. The zero-order chi connectivity index (χ0) is 16.3. The quantitative estimate of drug-likeness (QED) is 0.820. The third-order valence-electron chi connectivity index (χ3n) is 4.06. The molecular formula is C15H16Cl2N2O2S. The number of H-pyrrole nitrogens is 1. The van der Waals surface area contributed by atoms with Gasteiger partial charge in [0.05, 0.1) is 32.5 Å². The van der Waals surface area contributed by atoms with Crippen molar-refractivity contribution >= 4 is 49.8 Å². The van der Waals surface area contributed by atoms with E-state index in [4.69, 9.17) is 23.2 Å². The molecule has 4 nitrogen and oxygen atoms in total. The first kappa shape index (κ1) is 15.7. The molecule has 0 fully saturated rings. The second kappa shape index (κ2) is 4.91. The Morgan fingerprint density at radius 1 is 1.41 bits per heavy atom. The van der Waals surface area contributed by atoms with Crippen molar-refractivity contribution in [3.8, 4) is 0 Å². The largest absolute Gasteiger partial charge is 0.358 e. The van der Waals surface area contributed by atoms with Crippen molar-refractivity contribution in [2.24, 2.45) is 0 Å². The highest BCUT2D eigenvalue weighted by Crippen LogP contribution is 2.46. The first-order chi connectivity index (χ1) is 10.2. The number of nitrogens with one attached hydrogen (secondary N) is 1. The lowest BCUT2D eigenvalue weighted by molar-refractivity contribution is 0.534. The number of benzene rings is 1. The van der Waals surface area contributed by atoms with Crippen molar-refractivity contribution in [1.29, 1.82) is 0 Å². The van der Waals surface area contributed by atoms with Gasteiger partial charge in [-0.2, -0.15) is 0 Å². The first-order valence-corrected chi connectivity index (χ1v) is 9.01. The summed E-state index contributed by atoms with van der Waals surface area (Å²) in [4.78, 5) is 3.05. The summed E-state index contributed by atoms with van der Waals surface area (Å²) in [6.07, 6.45) is 3.59. The van der Waals surface area contributed by atoms with Crippen LogP contribution in [-0.4, -0.2) is 24.7 Å². The van der Waals surface area contributed by atoms with Gasteiger partial charge in [-0.1, -0.05) is 29.3 Å². The molecule has 3 rings (SSSR count). The van der Waals surface area contributed by atoms with Gasteiger partial charge in [-0.15, -0.1) is 6.58 Å². The fourth-order valence-electron chi connectivity index (χ4n) is 2.97. The normalized spacial score (nSPS) is 19.2. The predicted molar refractivity (Wildman–Crippen MR) is 92.6 cm³/mol. The molecule has 0 spiro atoms. The molecule has 1 aromatic heterocycles. The van der Waals surface area contributed by atoms with Crippen LogP contribution in [0.5, 0.6) is 0 Å². The summed E-state index contributed by atoms with van der Waals surface area (Å²) in [5, 5.41) is 1.64. The zero-order valence-corrected chi connectivity index (χ0v) is 14.6. The molecule has 0 amide bonds. The molecule has 7 heteroatoms. The van der Waals surface area contributed by atoms with Gasteiger partial charge in [0.15, 0.2) is 0 Å². The van der Waals surface area contributed by atoms with Crippen molar-refractivity contribution in [3.63, 3.8) is 0 Å². The minimum Gasteiger partial charge on any atom is -0.358 e. The minimum atomic E-state index is -3.52. The Hall–Kier alpha value is -1.17. The van der Waals surface area contributed by atoms with Gasteiger partial charge in [-0.3, -0.25) is 4.31 Å². The number of aromatic nitrogens is 1. The summed E-state index contributed by atoms with van der Waals surface area (Å²) in [5.41, 5.74) is 2.15. The highest BCUT2D eigenvalue weighted by molar-refractivity contribution is 7.94. The van der Waals surface area contributed by atoms with Crippen LogP contribution in [0.1, 0.15) is 19.4 Å². The lowest BCUT2D eigenvalue weighted by Gasteiger charge is -2.39. The zero-order valence-electron chi connectivity index (χ0n) is 12.3. The van der Waals surface area contributed by atoms with Crippen molar-refractivity contribution < 1.29 is 8.42 Å². The molecular weight excluding hydrogens is 343 g/mol. The molecule has 1 aliphatic rings. The Labute approximate surface area is 139 Å². The van der Waals surface area contributed by atoms with Gasteiger partial charge in [-0.25, -0.2) is 8.42 Å². The van der Waals surface area contributed by atoms with Crippen LogP contribution >= 0.6 is 23.2 Å². The Morgan fingerprint density at radius 3 is 2.73 bits per heavy atom. The summed E-state index contributed by atoms with van der Waals surface area (Å²) in [7, 11) is -3.52. The minimum absolute atomic E-state index is 0.201. The van der Waals surface area contributed by atoms with Crippen molar-refractivity contribution in [2.45, 2.75) is 25.0 Å². The fourth-order valence-corrected chi connectivity index (χ4v) is 5.28. The molecule has 0 unspecified atom stereocenters. The third kappa shape index (κ3) is 1.99. The number of rotatable bonds is 2. The molecule has 0 bridgehead atoms. The van der Waals surface area contributed by atoms with E-state index in [0.29, 0.717) is 33.1 Å². The molecule has 0 radical (unpaired) electrons. The van der Waals surface area contributed by atoms with Crippen molar-refractivity contribution in [2.75, 3.05) is 10.8 Å². The Balaban J connectivity index is 2.43. The maximum Gasteiger partial charge on any atom is 0.241 e. The predicted octanol–water partition coefficient (Wildman–Crippen LogP) is 4.13. The second-order valence-corrected chi connectivity index (χ2v) is 9.32.